The van der Waals surface area contributed by atoms with E-state index < -0.39 is 24.3 Å². The predicted molar refractivity (Wildman–Crippen MR) is 49.8 cm³/mol. The Hall–Kier alpha value is -1.88. The molecule has 92 valence electrons. The van der Waals surface area contributed by atoms with Crippen molar-refractivity contribution in [2.24, 2.45) is 4.99 Å². The van der Waals surface area contributed by atoms with Gasteiger partial charge in [-0.1, -0.05) is 6.07 Å². The maximum absolute atomic E-state index is 13.2. The number of aliphatic imine (C=N–C) groups is 1. The van der Waals surface area contributed by atoms with Crippen LogP contribution in [0, 0.1) is 5.82 Å². The van der Waals surface area contributed by atoms with Gasteiger partial charge in [0.15, 0.2) is 11.6 Å². The zero-order chi connectivity index (χ0) is 12.8. The lowest BCUT2D eigenvalue weighted by Gasteiger charge is -2.11. The van der Waals surface area contributed by atoms with E-state index in [0.29, 0.717) is 5.56 Å². The monoisotopic (exact) mass is 249 g/mol. The van der Waals surface area contributed by atoms with Crippen molar-refractivity contribution < 1.29 is 27.1 Å². The van der Waals surface area contributed by atoms with Gasteiger partial charge in [-0.05, 0) is 17.7 Å². The third-order valence-electron chi connectivity index (χ3n) is 1.76. The van der Waals surface area contributed by atoms with Gasteiger partial charge in [0.25, 0.3) is 6.36 Å². The number of halogens is 4. The maximum atomic E-state index is 13.2. The van der Waals surface area contributed by atoms with E-state index in [1.54, 1.807) is 0 Å². The first-order chi connectivity index (χ1) is 8.04. The Bertz CT molecular complexity index is 432. The molecule has 0 saturated heterocycles. The molecule has 0 aliphatic rings. The Morgan fingerprint density at radius 3 is 2.59 bits per heavy atom. The van der Waals surface area contributed by atoms with Gasteiger partial charge < -0.3 is 4.74 Å². The summed E-state index contributed by atoms with van der Waals surface area (Å²) in [6, 6.07) is 3.17. The van der Waals surface area contributed by atoms with Crippen molar-refractivity contribution >= 4 is 6.08 Å². The summed E-state index contributed by atoms with van der Waals surface area (Å²) in [6.45, 7) is -0.103. The highest BCUT2D eigenvalue weighted by atomic mass is 19.3. The molecule has 7 heteroatoms. The number of benzene rings is 1. The molecule has 1 unspecified atom stereocenters. The second-order valence-corrected chi connectivity index (χ2v) is 2.98. The Kier molecular flexibility index (Phi) is 4.66. The largest absolute Gasteiger partial charge is 0.451 e. The van der Waals surface area contributed by atoms with Gasteiger partial charge in [0.2, 0.25) is 6.08 Å². The van der Waals surface area contributed by atoms with Crippen molar-refractivity contribution in [3.05, 3.63) is 29.6 Å². The summed E-state index contributed by atoms with van der Waals surface area (Å²) in [5, 5.41) is 0. The first-order valence-electron chi connectivity index (χ1n) is 4.45. The van der Waals surface area contributed by atoms with Gasteiger partial charge >= 0.3 is 6.43 Å². The summed E-state index contributed by atoms with van der Waals surface area (Å²) < 4.78 is 53.4. The van der Waals surface area contributed by atoms with Gasteiger partial charge in [-0.25, -0.2) is 23.0 Å². The van der Waals surface area contributed by atoms with Crippen LogP contribution in [0.5, 0.6) is 5.75 Å². The number of ether oxygens (including phenoxy) is 1. The molecule has 0 amide bonds. The number of alkyl halides is 3. The molecule has 3 nitrogen and oxygen atoms in total. The van der Waals surface area contributed by atoms with E-state index in [0.717, 1.165) is 12.1 Å². The summed E-state index contributed by atoms with van der Waals surface area (Å²) in [5.74, 6) is -1.64. The van der Waals surface area contributed by atoms with Crippen LogP contribution in [0.2, 0.25) is 0 Å². The minimum absolute atomic E-state index is 0.103. The van der Waals surface area contributed by atoms with E-state index in [4.69, 9.17) is 0 Å². The summed E-state index contributed by atoms with van der Waals surface area (Å²) in [6.07, 6.45) is -4.98. The van der Waals surface area contributed by atoms with E-state index in [1.807, 2.05) is 0 Å². The maximum Gasteiger partial charge on any atom is 0.304 e. The van der Waals surface area contributed by atoms with Gasteiger partial charge in [-0.15, -0.1) is 0 Å². The SMILES string of the molecule is O=C=NCc1ccc(OC(F)C(F)F)c(F)c1. The Balaban J connectivity index is 2.79. The third-order valence-corrected chi connectivity index (χ3v) is 1.76. The van der Waals surface area contributed by atoms with Crippen molar-refractivity contribution in [1.29, 1.82) is 0 Å². The highest BCUT2D eigenvalue weighted by Crippen LogP contribution is 2.22. The third kappa shape index (κ3) is 3.88. The highest BCUT2D eigenvalue weighted by Gasteiger charge is 2.22. The van der Waals surface area contributed by atoms with Crippen LogP contribution in [0.4, 0.5) is 17.6 Å². The second kappa shape index (κ2) is 6.00. The Morgan fingerprint density at radius 1 is 1.35 bits per heavy atom. The van der Waals surface area contributed by atoms with Crippen LogP contribution in [0.15, 0.2) is 23.2 Å². The number of isocyanates is 1. The number of hydrogen-bond acceptors (Lipinski definition) is 3. The molecule has 1 rings (SSSR count). The van der Waals surface area contributed by atoms with E-state index in [9.17, 15) is 22.4 Å². The summed E-state index contributed by atoms with van der Waals surface area (Å²) >= 11 is 0. The number of carbonyl (C=O) groups excluding carboxylic acids is 1. The fraction of sp³-hybridized carbons (Fsp3) is 0.300. The molecule has 0 N–H and O–H groups in total. The topological polar surface area (TPSA) is 38.7 Å². The molecule has 1 atom stereocenters. The molecule has 0 heterocycles. The van der Waals surface area contributed by atoms with Crippen LogP contribution in [0.3, 0.4) is 0 Å². The standard InChI is InChI=1S/C10H7F4NO2/c11-7-3-6(4-15-5-16)1-2-8(7)17-10(14)9(12)13/h1-3,9-10H,4H2. The molecule has 1 aromatic carbocycles. The molecule has 17 heavy (non-hydrogen) atoms. The quantitative estimate of drug-likeness (QED) is 0.457. The van der Waals surface area contributed by atoms with Gasteiger partial charge in [-0.3, -0.25) is 0 Å². The van der Waals surface area contributed by atoms with Gasteiger partial charge in [-0.2, -0.15) is 4.39 Å². The number of hydrogen-bond donors (Lipinski definition) is 0. The first-order valence-corrected chi connectivity index (χ1v) is 4.45. The predicted octanol–water partition coefficient (Wildman–Crippen LogP) is 2.60. The molecule has 0 saturated carbocycles. The van der Waals surface area contributed by atoms with Crippen LogP contribution in [-0.4, -0.2) is 18.9 Å². The van der Waals surface area contributed by atoms with Crippen molar-refractivity contribution in [2.75, 3.05) is 0 Å². The first kappa shape index (κ1) is 13.2. The van der Waals surface area contributed by atoms with Gasteiger partial charge in [0.05, 0.1) is 6.54 Å². The summed E-state index contributed by atoms with van der Waals surface area (Å²) in [4.78, 5) is 13.0. The number of rotatable bonds is 5. The van der Waals surface area contributed by atoms with Crippen LogP contribution >= 0.6 is 0 Å². The van der Waals surface area contributed by atoms with E-state index in [1.165, 1.54) is 12.1 Å². The Labute approximate surface area is 93.7 Å². The lowest BCUT2D eigenvalue weighted by atomic mass is 10.2. The second-order valence-electron chi connectivity index (χ2n) is 2.98. The molecule has 1 aromatic rings. The molecule has 0 aliphatic heterocycles. The van der Waals surface area contributed by atoms with Crippen molar-refractivity contribution in [1.82, 2.24) is 0 Å². The zero-order valence-electron chi connectivity index (χ0n) is 8.37. The average molecular weight is 249 g/mol. The fourth-order valence-corrected chi connectivity index (χ4v) is 1.03. The lowest BCUT2D eigenvalue weighted by Crippen LogP contribution is -2.20. The highest BCUT2D eigenvalue weighted by molar-refractivity contribution is 5.35. The molecule has 0 aromatic heterocycles. The summed E-state index contributed by atoms with van der Waals surface area (Å²) in [5.41, 5.74) is 0.311. The molecule has 0 radical (unpaired) electrons. The molecular weight excluding hydrogens is 242 g/mol. The van der Waals surface area contributed by atoms with Crippen molar-refractivity contribution in [3.63, 3.8) is 0 Å². The molecule has 0 bridgehead atoms. The van der Waals surface area contributed by atoms with Crippen LogP contribution in [-0.2, 0) is 11.3 Å². The Morgan fingerprint density at radius 2 is 2.06 bits per heavy atom. The van der Waals surface area contributed by atoms with E-state index in [-0.39, 0.29) is 6.54 Å². The van der Waals surface area contributed by atoms with Crippen LogP contribution < -0.4 is 4.74 Å². The zero-order valence-corrected chi connectivity index (χ0v) is 8.37. The average Bonchev–Trinajstić information content (AvgIpc) is 2.29. The minimum Gasteiger partial charge on any atom is -0.451 e. The molecule has 0 spiro atoms. The van der Waals surface area contributed by atoms with E-state index >= 15 is 0 Å². The molecular formula is C10H7F4NO2. The number of nitrogens with zero attached hydrogens (tertiary/aromatic N) is 1. The normalized spacial score (nSPS) is 12.1. The lowest BCUT2D eigenvalue weighted by molar-refractivity contribution is -0.0684. The van der Waals surface area contributed by atoms with Crippen LogP contribution in [0.1, 0.15) is 5.56 Å². The molecule has 0 fully saturated rings. The fourth-order valence-electron chi connectivity index (χ4n) is 1.03. The molecule has 0 aliphatic carbocycles. The minimum atomic E-state index is -3.35. The van der Waals surface area contributed by atoms with E-state index in [2.05, 4.69) is 9.73 Å². The van der Waals surface area contributed by atoms with Crippen molar-refractivity contribution in [3.8, 4) is 5.75 Å². The smallest absolute Gasteiger partial charge is 0.304 e. The summed E-state index contributed by atoms with van der Waals surface area (Å²) in [7, 11) is 0. The van der Waals surface area contributed by atoms with Gasteiger partial charge in [0, 0.05) is 0 Å². The van der Waals surface area contributed by atoms with Crippen LogP contribution in [0.25, 0.3) is 0 Å². The van der Waals surface area contributed by atoms with Gasteiger partial charge in [0.1, 0.15) is 0 Å². The van der Waals surface area contributed by atoms with Crippen molar-refractivity contribution in [2.45, 2.75) is 19.3 Å².